The molecule has 0 aliphatic carbocycles. The molecule has 0 aliphatic heterocycles. The Bertz CT molecular complexity index is 559. The van der Waals surface area contributed by atoms with Crippen LogP contribution in [0, 0.1) is 0 Å². The first kappa shape index (κ1) is 10.4. The Kier molecular flexibility index (Phi) is 2.96. The number of para-hydroxylation sites is 1. The van der Waals surface area contributed by atoms with Crippen molar-refractivity contribution in [3.63, 3.8) is 0 Å². The fourth-order valence-corrected chi connectivity index (χ4v) is 1.41. The lowest BCUT2D eigenvalue weighted by atomic mass is 10.2. The van der Waals surface area contributed by atoms with Gasteiger partial charge in [-0.25, -0.2) is 4.98 Å². The van der Waals surface area contributed by atoms with Crippen molar-refractivity contribution in [1.29, 1.82) is 0 Å². The highest BCUT2D eigenvalue weighted by Crippen LogP contribution is 2.12. The fraction of sp³-hybridized carbons (Fsp3) is 0.0769. The first-order valence-corrected chi connectivity index (χ1v) is 5.02. The van der Waals surface area contributed by atoms with Crippen LogP contribution in [0.4, 0.5) is 0 Å². The molecule has 2 aromatic rings. The van der Waals surface area contributed by atoms with Crippen LogP contribution in [0.2, 0.25) is 0 Å². The summed E-state index contributed by atoms with van der Waals surface area (Å²) in [6.07, 6.45) is 3.54. The van der Waals surface area contributed by atoms with Crippen LogP contribution in [0.3, 0.4) is 0 Å². The minimum Gasteiger partial charge on any atom is -0.411 e. The van der Waals surface area contributed by atoms with E-state index in [4.69, 9.17) is 5.21 Å². The predicted octanol–water partition coefficient (Wildman–Crippen LogP) is 3.10. The zero-order valence-electron chi connectivity index (χ0n) is 8.96. The Balaban J connectivity index is 2.36. The summed E-state index contributed by atoms with van der Waals surface area (Å²) in [5.74, 6) is 0. The molecule has 3 heteroatoms. The molecule has 1 N–H and O–H groups in total. The highest BCUT2D eigenvalue weighted by molar-refractivity contribution is 5.95. The molecule has 0 saturated heterocycles. The lowest BCUT2D eigenvalue weighted by Gasteiger charge is -1.97. The van der Waals surface area contributed by atoms with Crippen molar-refractivity contribution in [2.24, 2.45) is 5.16 Å². The Morgan fingerprint density at radius 1 is 1.25 bits per heavy atom. The third kappa shape index (κ3) is 2.25. The number of pyridine rings is 1. The molecule has 3 nitrogen and oxygen atoms in total. The van der Waals surface area contributed by atoms with Crippen LogP contribution in [-0.4, -0.2) is 15.9 Å². The lowest BCUT2D eigenvalue weighted by Crippen LogP contribution is -1.86. The summed E-state index contributed by atoms with van der Waals surface area (Å²) in [5.41, 5.74) is 2.36. The SMILES string of the molecule is CC(/C=C\c1ccc2ccccc2n1)=NO. The molecule has 1 aromatic carbocycles. The maximum Gasteiger partial charge on any atom is 0.0765 e. The number of hydrogen-bond acceptors (Lipinski definition) is 3. The maximum absolute atomic E-state index is 8.50. The smallest absolute Gasteiger partial charge is 0.0765 e. The molecule has 0 unspecified atom stereocenters. The largest absolute Gasteiger partial charge is 0.411 e. The number of fused-ring (bicyclic) bond motifs is 1. The first-order valence-electron chi connectivity index (χ1n) is 5.02. The normalized spacial score (nSPS) is 12.4. The third-order valence-electron chi connectivity index (χ3n) is 2.27. The van der Waals surface area contributed by atoms with Crippen molar-refractivity contribution in [1.82, 2.24) is 4.98 Å². The van der Waals surface area contributed by atoms with Crippen molar-refractivity contribution in [3.8, 4) is 0 Å². The summed E-state index contributed by atoms with van der Waals surface area (Å²) in [6.45, 7) is 1.72. The van der Waals surface area contributed by atoms with E-state index in [1.807, 2.05) is 42.5 Å². The molecule has 1 heterocycles. The van der Waals surface area contributed by atoms with Gasteiger partial charge in [0.05, 0.1) is 16.9 Å². The van der Waals surface area contributed by atoms with Crippen molar-refractivity contribution >= 4 is 22.7 Å². The summed E-state index contributed by atoms with van der Waals surface area (Å²) in [4.78, 5) is 4.46. The van der Waals surface area contributed by atoms with Crippen molar-refractivity contribution < 1.29 is 5.21 Å². The zero-order chi connectivity index (χ0) is 11.4. The van der Waals surface area contributed by atoms with E-state index >= 15 is 0 Å². The Morgan fingerprint density at radius 2 is 2.06 bits per heavy atom. The average Bonchev–Trinajstić information content (AvgIpc) is 2.35. The molecule has 0 aliphatic rings. The highest BCUT2D eigenvalue weighted by Gasteiger charge is 1.94. The van der Waals surface area contributed by atoms with Gasteiger partial charge in [-0.1, -0.05) is 29.4 Å². The number of hydrogen-bond donors (Lipinski definition) is 1. The first-order chi connectivity index (χ1) is 7.79. The number of aromatic nitrogens is 1. The van der Waals surface area contributed by atoms with Gasteiger partial charge in [0, 0.05) is 5.39 Å². The molecule has 0 radical (unpaired) electrons. The van der Waals surface area contributed by atoms with Gasteiger partial charge in [-0.2, -0.15) is 0 Å². The summed E-state index contributed by atoms with van der Waals surface area (Å²) >= 11 is 0. The van der Waals surface area contributed by atoms with Gasteiger partial charge >= 0.3 is 0 Å². The quantitative estimate of drug-likeness (QED) is 0.472. The van der Waals surface area contributed by atoms with Crippen molar-refractivity contribution in [3.05, 3.63) is 48.2 Å². The predicted molar refractivity (Wildman–Crippen MR) is 65.7 cm³/mol. The summed E-state index contributed by atoms with van der Waals surface area (Å²) in [7, 11) is 0. The van der Waals surface area contributed by atoms with E-state index in [9.17, 15) is 0 Å². The van der Waals surface area contributed by atoms with E-state index in [1.54, 1.807) is 13.0 Å². The molecule has 2 rings (SSSR count). The van der Waals surface area contributed by atoms with Gasteiger partial charge < -0.3 is 5.21 Å². The van der Waals surface area contributed by atoms with Crippen LogP contribution in [0.25, 0.3) is 17.0 Å². The zero-order valence-corrected chi connectivity index (χ0v) is 8.96. The van der Waals surface area contributed by atoms with E-state index in [0.29, 0.717) is 5.71 Å². The van der Waals surface area contributed by atoms with E-state index < -0.39 is 0 Å². The van der Waals surface area contributed by atoms with Gasteiger partial charge in [-0.3, -0.25) is 0 Å². The van der Waals surface area contributed by atoms with Crippen LogP contribution < -0.4 is 0 Å². The molecule has 80 valence electrons. The number of rotatable bonds is 2. The second-order valence-electron chi connectivity index (χ2n) is 3.50. The van der Waals surface area contributed by atoms with Gasteiger partial charge in [-0.05, 0) is 31.2 Å². The van der Waals surface area contributed by atoms with E-state index in [2.05, 4.69) is 10.1 Å². The molecular weight excluding hydrogens is 200 g/mol. The van der Waals surface area contributed by atoms with E-state index in [0.717, 1.165) is 16.6 Å². The number of allylic oxidation sites excluding steroid dienone is 1. The maximum atomic E-state index is 8.50. The monoisotopic (exact) mass is 212 g/mol. The van der Waals surface area contributed by atoms with Crippen LogP contribution in [0.1, 0.15) is 12.6 Å². The molecule has 0 spiro atoms. The van der Waals surface area contributed by atoms with E-state index in [1.165, 1.54) is 0 Å². The van der Waals surface area contributed by atoms with Crippen molar-refractivity contribution in [2.45, 2.75) is 6.92 Å². The molecule has 16 heavy (non-hydrogen) atoms. The molecule has 1 aromatic heterocycles. The van der Waals surface area contributed by atoms with Gasteiger partial charge in [0.2, 0.25) is 0 Å². The van der Waals surface area contributed by atoms with Crippen LogP contribution in [0.5, 0.6) is 0 Å². The molecule has 0 atom stereocenters. The number of nitrogens with zero attached hydrogens (tertiary/aromatic N) is 2. The van der Waals surface area contributed by atoms with Crippen LogP contribution >= 0.6 is 0 Å². The van der Waals surface area contributed by atoms with Gasteiger partial charge in [-0.15, -0.1) is 0 Å². The van der Waals surface area contributed by atoms with Gasteiger partial charge in [0.25, 0.3) is 0 Å². The lowest BCUT2D eigenvalue weighted by molar-refractivity contribution is 0.319. The number of oxime groups is 1. The van der Waals surface area contributed by atoms with Crippen LogP contribution in [-0.2, 0) is 0 Å². The van der Waals surface area contributed by atoms with Gasteiger partial charge in [0.1, 0.15) is 0 Å². The average molecular weight is 212 g/mol. The minimum absolute atomic E-state index is 0.551. The van der Waals surface area contributed by atoms with Crippen molar-refractivity contribution in [2.75, 3.05) is 0 Å². The summed E-state index contributed by atoms with van der Waals surface area (Å²) < 4.78 is 0. The Hall–Kier alpha value is -2.16. The second-order valence-corrected chi connectivity index (χ2v) is 3.50. The minimum atomic E-state index is 0.551. The van der Waals surface area contributed by atoms with E-state index in [-0.39, 0.29) is 0 Å². The standard InChI is InChI=1S/C13H12N2O/c1-10(15-16)6-8-12-9-7-11-4-2-3-5-13(11)14-12/h2-9,16H,1H3/b8-6-,15-10?. The molecular formula is C13H12N2O. The summed E-state index contributed by atoms with van der Waals surface area (Å²) in [5, 5.41) is 12.7. The van der Waals surface area contributed by atoms with Gasteiger partial charge in [0.15, 0.2) is 0 Å². The number of benzene rings is 1. The second kappa shape index (κ2) is 4.57. The Morgan fingerprint density at radius 3 is 2.88 bits per heavy atom. The Labute approximate surface area is 93.7 Å². The highest BCUT2D eigenvalue weighted by atomic mass is 16.4. The summed E-state index contributed by atoms with van der Waals surface area (Å²) in [6, 6.07) is 11.9. The third-order valence-corrected chi connectivity index (χ3v) is 2.27. The molecule has 0 fully saturated rings. The fourth-order valence-electron chi connectivity index (χ4n) is 1.41. The molecule has 0 bridgehead atoms. The van der Waals surface area contributed by atoms with Crippen LogP contribution in [0.15, 0.2) is 47.6 Å². The molecule has 0 amide bonds. The topological polar surface area (TPSA) is 45.5 Å². The molecule has 0 saturated carbocycles.